The van der Waals surface area contributed by atoms with Gasteiger partial charge < -0.3 is 19.7 Å². The molecule has 1 aliphatic carbocycles. The third kappa shape index (κ3) is 3.28. The zero-order valence-electron chi connectivity index (χ0n) is 20.7. The van der Waals surface area contributed by atoms with Crippen molar-refractivity contribution in [1.29, 1.82) is 0 Å². The van der Waals surface area contributed by atoms with Crippen LogP contribution in [0, 0.1) is 5.92 Å². The number of likely N-dealkylation sites (tertiary alicyclic amines) is 1. The molecule has 1 aromatic carbocycles. The molecule has 5 fully saturated rings. The molecule has 0 aromatic heterocycles. The van der Waals surface area contributed by atoms with E-state index in [0.717, 1.165) is 50.1 Å². The second kappa shape index (κ2) is 8.26. The van der Waals surface area contributed by atoms with E-state index in [2.05, 4.69) is 22.6 Å². The molecular weight excluding hydrogens is 460 g/mol. The van der Waals surface area contributed by atoms with Crippen molar-refractivity contribution >= 4 is 17.7 Å². The Hall–Kier alpha value is -2.49. The lowest BCUT2D eigenvalue weighted by Gasteiger charge is -2.36. The van der Waals surface area contributed by atoms with Crippen molar-refractivity contribution in [3.8, 4) is 5.75 Å². The normalized spacial score (nSPS) is 39.6. The van der Waals surface area contributed by atoms with E-state index in [0.29, 0.717) is 42.7 Å². The standard InChI is InChI=1S/C27H34N4O5/c1-28-27-14-30(13-18(27)21-8-9-23(27)36-21)19-3-2-4-22(19)35-16-5-6-17-15(11-16)12-31(26(17)34)20-7-10-24(32)29-25(20)33/h5-6,11,18-23,28H,2-4,7-10,12-14H2,1H3,(H,29,32,33)/t18-,19-,20?,21-,22-,23+,27+/m0/s1. The van der Waals surface area contributed by atoms with Gasteiger partial charge in [-0.05, 0) is 69.3 Å². The van der Waals surface area contributed by atoms with Crippen LogP contribution in [0.5, 0.6) is 5.75 Å². The Morgan fingerprint density at radius 1 is 1.14 bits per heavy atom. The van der Waals surface area contributed by atoms with Crippen LogP contribution in [0.3, 0.4) is 0 Å². The summed E-state index contributed by atoms with van der Waals surface area (Å²) >= 11 is 0. The van der Waals surface area contributed by atoms with Crippen molar-refractivity contribution in [2.24, 2.45) is 5.92 Å². The molecule has 7 rings (SSSR count). The molecule has 1 saturated carbocycles. The van der Waals surface area contributed by atoms with Gasteiger partial charge in [0.05, 0.1) is 17.7 Å². The topological polar surface area (TPSA) is 100 Å². The zero-order chi connectivity index (χ0) is 24.6. The average molecular weight is 495 g/mol. The van der Waals surface area contributed by atoms with E-state index in [1.165, 1.54) is 6.42 Å². The number of likely N-dealkylation sites (N-methyl/N-ethyl adjacent to an activating group) is 1. The lowest BCUT2D eigenvalue weighted by atomic mass is 9.75. The smallest absolute Gasteiger partial charge is 0.255 e. The summed E-state index contributed by atoms with van der Waals surface area (Å²) in [4.78, 5) is 41.1. The SMILES string of the molecule is CN[C@]12CN([C@H]3CCC[C@@H]3Oc3ccc4c(c3)CN(C3CCC(=O)NC3=O)C4=O)C[C@H]1[C@@H]1CC[C@H]2O1. The summed E-state index contributed by atoms with van der Waals surface area (Å²) < 4.78 is 12.9. The number of hydrogen-bond acceptors (Lipinski definition) is 7. The highest BCUT2D eigenvalue weighted by Gasteiger charge is 2.63. The van der Waals surface area contributed by atoms with Crippen molar-refractivity contribution < 1.29 is 23.9 Å². The molecule has 2 bridgehead atoms. The number of nitrogens with one attached hydrogen (secondary N) is 2. The number of piperidine rings is 1. The Morgan fingerprint density at radius 3 is 2.83 bits per heavy atom. The molecule has 3 amide bonds. The van der Waals surface area contributed by atoms with Gasteiger partial charge in [-0.3, -0.25) is 24.6 Å². The number of imide groups is 1. The number of carbonyl (C=O) groups is 3. The highest BCUT2D eigenvalue weighted by atomic mass is 16.5. The van der Waals surface area contributed by atoms with E-state index >= 15 is 0 Å². The monoisotopic (exact) mass is 494 g/mol. The maximum atomic E-state index is 13.0. The van der Waals surface area contributed by atoms with Gasteiger partial charge in [0.2, 0.25) is 11.8 Å². The second-order valence-corrected chi connectivity index (χ2v) is 11.4. The number of benzene rings is 1. The predicted molar refractivity (Wildman–Crippen MR) is 129 cm³/mol. The highest BCUT2D eigenvalue weighted by molar-refractivity contribution is 6.05. The average Bonchev–Trinajstić information content (AvgIpc) is 3.67. The van der Waals surface area contributed by atoms with Crippen LogP contribution in [0.15, 0.2) is 18.2 Å². The molecule has 7 atom stereocenters. The van der Waals surface area contributed by atoms with Crippen LogP contribution in [-0.4, -0.2) is 83.6 Å². The molecule has 6 aliphatic rings. The number of ether oxygens (including phenoxy) is 2. The van der Waals surface area contributed by atoms with Crippen LogP contribution in [0.25, 0.3) is 0 Å². The Labute approximate surface area is 210 Å². The largest absolute Gasteiger partial charge is 0.489 e. The van der Waals surface area contributed by atoms with E-state index in [9.17, 15) is 14.4 Å². The summed E-state index contributed by atoms with van der Waals surface area (Å²) in [7, 11) is 2.09. The summed E-state index contributed by atoms with van der Waals surface area (Å²) in [6.07, 6.45) is 7.12. The molecule has 2 N–H and O–H groups in total. The molecule has 192 valence electrons. The molecule has 1 unspecified atom stereocenters. The van der Waals surface area contributed by atoms with Crippen molar-refractivity contribution in [3.05, 3.63) is 29.3 Å². The molecule has 1 aromatic rings. The van der Waals surface area contributed by atoms with Crippen molar-refractivity contribution in [3.63, 3.8) is 0 Å². The van der Waals surface area contributed by atoms with Crippen LogP contribution < -0.4 is 15.4 Å². The van der Waals surface area contributed by atoms with Gasteiger partial charge in [-0.15, -0.1) is 0 Å². The summed E-state index contributed by atoms with van der Waals surface area (Å²) in [5.74, 6) is 0.528. The van der Waals surface area contributed by atoms with E-state index < -0.39 is 6.04 Å². The molecule has 5 heterocycles. The van der Waals surface area contributed by atoms with Gasteiger partial charge in [0, 0.05) is 43.6 Å². The van der Waals surface area contributed by atoms with Gasteiger partial charge in [-0.2, -0.15) is 0 Å². The number of hydrogen-bond donors (Lipinski definition) is 2. The minimum atomic E-state index is -0.598. The van der Waals surface area contributed by atoms with Gasteiger partial charge in [0.1, 0.15) is 17.9 Å². The van der Waals surface area contributed by atoms with E-state index in [-0.39, 0.29) is 35.8 Å². The number of rotatable bonds is 5. The molecule has 4 saturated heterocycles. The Bertz CT molecular complexity index is 1130. The van der Waals surface area contributed by atoms with Crippen molar-refractivity contribution in [2.45, 2.75) is 87.4 Å². The van der Waals surface area contributed by atoms with E-state index in [1.54, 1.807) is 4.90 Å². The van der Waals surface area contributed by atoms with Crippen LogP contribution in [0.1, 0.15) is 60.9 Å². The van der Waals surface area contributed by atoms with Crippen LogP contribution in [0.4, 0.5) is 0 Å². The first-order valence-corrected chi connectivity index (χ1v) is 13.5. The summed E-state index contributed by atoms with van der Waals surface area (Å²) in [5, 5.41) is 6.03. The number of amides is 3. The van der Waals surface area contributed by atoms with Gasteiger partial charge in [0.25, 0.3) is 5.91 Å². The van der Waals surface area contributed by atoms with Crippen molar-refractivity contribution in [2.75, 3.05) is 20.1 Å². The summed E-state index contributed by atoms with van der Waals surface area (Å²) in [6.45, 7) is 2.44. The third-order valence-electron chi connectivity index (χ3n) is 9.77. The van der Waals surface area contributed by atoms with Gasteiger partial charge in [0.15, 0.2) is 0 Å². The fraction of sp³-hybridized carbons (Fsp3) is 0.667. The molecule has 0 spiro atoms. The molecule has 0 radical (unpaired) electrons. The van der Waals surface area contributed by atoms with Crippen molar-refractivity contribution in [1.82, 2.24) is 20.4 Å². The molecule has 9 nitrogen and oxygen atoms in total. The zero-order valence-corrected chi connectivity index (χ0v) is 20.7. The van der Waals surface area contributed by atoms with Crippen LogP contribution in [0.2, 0.25) is 0 Å². The lowest BCUT2D eigenvalue weighted by Crippen LogP contribution is -2.57. The second-order valence-electron chi connectivity index (χ2n) is 11.4. The summed E-state index contributed by atoms with van der Waals surface area (Å²) in [6, 6.07) is 5.47. The minimum absolute atomic E-state index is 0.0729. The third-order valence-corrected chi connectivity index (χ3v) is 9.77. The number of nitrogens with zero attached hydrogens (tertiary/aromatic N) is 2. The van der Waals surface area contributed by atoms with Crippen LogP contribution >= 0.6 is 0 Å². The fourth-order valence-corrected chi connectivity index (χ4v) is 8.00. The van der Waals surface area contributed by atoms with E-state index in [4.69, 9.17) is 9.47 Å². The number of fused-ring (bicyclic) bond motifs is 6. The quantitative estimate of drug-likeness (QED) is 0.594. The molecular formula is C27H34N4O5. The Kier molecular flexibility index (Phi) is 5.21. The first kappa shape index (κ1) is 22.7. The fourth-order valence-electron chi connectivity index (χ4n) is 8.00. The van der Waals surface area contributed by atoms with Gasteiger partial charge in [-0.25, -0.2) is 0 Å². The maximum absolute atomic E-state index is 13.0. The Balaban J connectivity index is 1.05. The van der Waals surface area contributed by atoms with Gasteiger partial charge in [-0.1, -0.05) is 0 Å². The van der Waals surface area contributed by atoms with E-state index in [1.807, 2.05) is 18.2 Å². The highest BCUT2D eigenvalue weighted by Crippen LogP contribution is 2.51. The summed E-state index contributed by atoms with van der Waals surface area (Å²) in [5.41, 5.74) is 1.58. The first-order valence-electron chi connectivity index (χ1n) is 13.5. The first-order chi connectivity index (χ1) is 17.5. The lowest BCUT2D eigenvalue weighted by molar-refractivity contribution is -0.136. The molecule has 9 heteroatoms. The van der Waals surface area contributed by atoms with Crippen LogP contribution in [-0.2, 0) is 20.9 Å². The maximum Gasteiger partial charge on any atom is 0.255 e. The minimum Gasteiger partial charge on any atom is -0.489 e. The number of carbonyl (C=O) groups excluding carboxylic acids is 3. The molecule has 5 aliphatic heterocycles. The van der Waals surface area contributed by atoms with Gasteiger partial charge >= 0.3 is 0 Å². The molecule has 36 heavy (non-hydrogen) atoms. The Morgan fingerprint density at radius 2 is 2.03 bits per heavy atom. The predicted octanol–water partition coefficient (Wildman–Crippen LogP) is 1.20.